The molecule has 0 amide bonds. The Labute approximate surface area is 201 Å². The van der Waals surface area contributed by atoms with Crippen molar-refractivity contribution in [2.24, 2.45) is 11.7 Å². The Morgan fingerprint density at radius 2 is 1.67 bits per heavy atom. The van der Waals surface area contributed by atoms with Crippen LogP contribution in [0.15, 0.2) is 59.5 Å². The zero-order chi connectivity index (χ0) is 23.0. The smallest absolute Gasteiger partial charge is 0.243 e. The molecule has 0 aromatic heterocycles. The third-order valence-electron chi connectivity index (χ3n) is 7.10. The fourth-order valence-corrected chi connectivity index (χ4v) is 6.83. The average molecular weight is 484 g/mol. The van der Waals surface area contributed by atoms with Gasteiger partial charge >= 0.3 is 0 Å². The Bertz CT molecular complexity index is 1270. The standard InChI is InChI=1S/C26H30ClN3O2S/c27-25-7-5-24-16-26(8-6-23(24)15-25)33(31,32)30-11-9-29(10-12-30)18-20-2-4-21-13-19(17-28)1-3-22(21)14-20/h1,3,5-8,13,15-16,20H,2,4,9-12,14,17-18,28H2. The molecule has 5 nitrogen and oxygen atoms in total. The van der Waals surface area contributed by atoms with E-state index in [1.807, 2.05) is 18.2 Å². The minimum atomic E-state index is -3.50. The predicted molar refractivity (Wildman–Crippen MR) is 134 cm³/mol. The van der Waals surface area contributed by atoms with Crippen LogP contribution in [-0.4, -0.2) is 50.3 Å². The molecule has 5 rings (SSSR count). The van der Waals surface area contributed by atoms with Gasteiger partial charge in [-0.05, 0) is 76.9 Å². The summed E-state index contributed by atoms with van der Waals surface area (Å²) in [5, 5.41) is 2.48. The van der Waals surface area contributed by atoms with E-state index in [-0.39, 0.29) is 0 Å². The molecule has 1 aliphatic heterocycles. The zero-order valence-electron chi connectivity index (χ0n) is 18.7. The maximum atomic E-state index is 13.3. The lowest BCUT2D eigenvalue weighted by Gasteiger charge is -2.37. The zero-order valence-corrected chi connectivity index (χ0v) is 20.3. The summed E-state index contributed by atoms with van der Waals surface area (Å²) < 4.78 is 28.1. The largest absolute Gasteiger partial charge is 0.326 e. The lowest BCUT2D eigenvalue weighted by molar-refractivity contribution is 0.159. The van der Waals surface area contributed by atoms with Gasteiger partial charge in [-0.3, -0.25) is 0 Å². The first-order valence-electron chi connectivity index (χ1n) is 11.6. The highest BCUT2D eigenvalue weighted by atomic mass is 35.5. The molecule has 1 saturated heterocycles. The highest BCUT2D eigenvalue weighted by molar-refractivity contribution is 7.89. The molecule has 2 aliphatic rings. The lowest BCUT2D eigenvalue weighted by atomic mass is 9.83. The number of nitrogens with zero attached hydrogens (tertiary/aromatic N) is 2. The topological polar surface area (TPSA) is 66.6 Å². The van der Waals surface area contributed by atoms with E-state index in [0.29, 0.717) is 35.5 Å². The van der Waals surface area contributed by atoms with Crippen molar-refractivity contribution in [2.45, 2.75) is 30.7 Å². The molecule has 2 N–H and O–H groups in total. The molecule has 1 heterocycles. The maximum absolute atomic E-state index is 13.3. The molecule has 0 radical (unpaired) electrons. The number of hydrogen-bond acceptors (Lipinski definition) is 4. The predicted octanol–water partition coefficient (Wildman–Crippen LogP) is 4.06. The van der Waals surface area contributed by atoms with Gasteiger partial charge < -0.3 is 10.6 Å². The maximum Gasteiger partial charge on any atom is 0.243 e. The monoisotopic (exact) mass is 483 g/mol. The summed E-state index contributed by atoms with van der Waals surface area (Å²) in [4.78, 5) is 2.78. The Balaban J connectivity index is 1.20. The Hall–Kier alpha value is -1.96. The third-order valence-corrected chi connectivity index (χ3v) is 9.23. The first-order valence-corrected chi connectivity index (χ1v) is 13.5. The fraction of sp³-hybridized carbons (Fsp3) is 0.385. The number of nitrogens with two attached hydrogens (primary N) is 1. The molecule has 0 bridgehead atoms. The van der Waals surface area contributed by atoms with Crippen LogP contribution in [0.4, 0.5) is 0 Å². The Morgan fingerprint density at radius 3 is 2.45 bits per heavy atom. The van der Waals surface area contributed by atoms with Gasteiger partial charge in [-0.25, -0.2) is 8.42 Å². The van der Waals surface area contributed by atoms with Gasteiger partial charge in [-0.1, -0.05) is 41.9 Å². The first-order chi connectivity index (χ1) is 15.9. The molecule has 33 heavy (non-hydrogen) atoms. The Kier molecular flexibility index (Phi) is 6.47. The van der Waals surface area contributed by atoms with E-state index >= 15 is 0 Å². The number of fused-ring (bicyclic) bond motifs is 2. The molecule has 1 atom stereocenters. The summed E-state index contributed by atoms with van der Waals surface area (Å²) >= 11 is 6.06. The first kappa shape index (κ1) is 22.8. The van der Waals surface area contributed by atoms with Crippen LogP contribution in [0.25, 0.3) is 10.8 Å². The summed E-state index contributed by atoms with van der Waals surface area (Å²) in [5.41, 5.74) is 9.89. The van der Waals surface area contributed by atoms with Crippen LogP contribution in [0.1, 0.15) is 23.1 Å². The van der Waals surface area contributed by atoms with Gasteiger partial charge in [0.15, 0.2) is 0 Å². The highest BCUT2D eigenvalue weighted by Gasteiger charge is 2.30. The van der Waals surface area contributed by atoms with Crippen molar-refractivity contribution in [3.8, 4) is 0 Å². The molecule has 3 aromatic rings. The van der Waals surface area contributed by atoms with Crippen molar-refractivity contribution < 1.29 is 8.42 Å². The van der Waals surface area contributed by atoms with Crippen molar-refractivity contribution >= 4 is 32.4 Å². The summed E-state index contributed by atoms with van der Waals surface area (Å²) in [7, 11) is -3.50. The van der Waals surface area contributed by atoms with Crippen LogP contribution in [0.2, 0.25) is 5.02 Å². The van der Waals surface area contributed by atoms with Gasteiger partial charge in [0.25, 0.3) is 0 Å². The van der Waals surface area contributed by atoms with E-state index in [1.54, 1.807) is 22.5 Å². The van der Waals surface area contributed by atoms with Crippen LogP contribution in [-0.2, 0) is 29.4 Å². The van der Waals surface area contributed by atoms with E-state index in [0.717, 1.165) is 43.2 Å². The van der Waals surface area contributed by atoms with Crippen LogP contribution in [0.5, 0.6) is 0 Å². The van der Waals surface area contributed by atoms with Crippen molar-refractivity contribution in [3.63, 3.8) is 0 Å². The molecular formula is C26H30ClN3O2S. The molecule has 0 saturated carbocycles. The molecule has 0 spiro atoms. The second-order valence-electron chi connectivity index (χ2n) is 9.27. The lowest BCUT2D eigenvalue weighted by Crippen LogP contribution is -2.50. The minimum Gasteiger partial charge on any atom is -0.326 e. The van der Waals surface area contributed by atoms with E-state index < -0.39 is 10.0 Å². The molecule has 1 aliphatic carbocycles. The van der Waals surface area contributed by atoms with Gasteiger partial charge in [0.2, 0.25) is 10.0 Å². The SMILES string of the molecule is NCc1ccc2c(c1)CCC(CN1CCN(S(=O)(=O)c3ccc4cc(Cl)ccc4c3)CC1)C2. The number of sulfonamides is 1. The van der Waals surface area contributed by atoms with E-state index in [9.17, 15) is 8.42 Å². The van der Waals surface area contributed by atoms with Gasteiger partial charge in [-0.15, -0.1) is 0 Å². The van der Waals surface area contributed by atoms with Crippen LogP contribution < -0.4 is 5.73 Å². The van der Waals surface area contributed by atoms with Crippen LogP contribution in [0, 0.1) is 5.92 Å². The number of rotatable bonds is 5. The van der Waals surface area contributed by atoms with Crippen LogP contribution in [0.3, 0.4) is 0 Å². The van der Waals surface area contributed by atoms with Gasteiger partial charge in [0, 0.05) is 44.3 Å². The summed E-state index contributed by atoms with van der Waals surface area (Å²) in [6.07, 6.45) is 3.38. The van der Waals surface area contributed by atoms with E-state index in [2.05, 4.69) is 23.1 Å². The normalized spacial score (nSPS) is 20.1. The number of halogens is 1. The quantitative estimate of drug-likeness (QED) is 0.594. The van der Waals surface area contributed by atoms with Crippen molar-refractivity contribution in [1.82, 2.24) is 9.21 Å². The second kappa shape index (κ2) is 9.35. The van der Waals surface area contributed by atoms with Crippen LogP contribution >= 0.6 is 11.6 Å². The van der Waals surface area contributed by atoms with Crippen molar-refractivity contribution in [2.75, 3.05) is 32.7 Å². The van der Waals surface area contributed by atoms with Gasteiger partial charge in [0.05, 0.1) is 4.90 Å². The molecule has 7 heteroatoms. The van der Waals surface area contributed by atoms with Crippen molar-refractivity contribution in [3.05, 3.63) is 76.3 Å². The average Bonchev–Trinajstić information content (AvgIpc) is 2.83. The number of benzene rings is 3. The number of piperazine rings is 1. The minimum absolute atomic E-state index is 0.353. The molecule has 1 unspecified atom stereocenters. The van der Waals surface area contributed by atoms with E-state index in [4.69, 9.17) is 17.3 Å². The second-order valence-corrected chi connectivity index (χ2v) is 11.6. The summed E-state index contributed by atoms with van der Waals surface area (Å²) in [5.74, 6) is 0.622. The Morgan fingerprint density at radius 1 is 0.909 bits per heavy atom. The number of aryl methyl sites for hydroxylation is 1. The fourth-order valence-electron chi connectivity index (χ4n) is 5.19. The number of hydrogen-bond donors (Lipinski definition) is 1. The van der Waals surface area contributed by atoms with E-state index in [1.165, 1.54) is 23.1 Å². The highest BCUT2D eigenvalue weighted by Crippen LogP contribution is 2.28. The molecule has 3 aromatic carbocycles. The summed E-state index contributed by atoms with van der Waals surface area (Å²) in [6, 6.07) is 17.4. The molecule has 174 valence electrons. The third kappa shape index (κ3) is 4.81. The van der Waals surface area contributed by atoms with Gasteiger partial charge in [0.1, 0.15) is 0 Å². The van der Waals surface area contributed by atoms with Crippen molar-refractivity contribution in [1.29, 1.82) is 0 Å². The molecular weight excluding hydrogens is 454 g/mol. The van der Waals surface area contributed by atoms with Gasteiger partial charge in [-0.2, -0.15) is 4.31 Å². The summed E-state index contributed by atoms with van der Waals surface area (Å²) in [6.45, 7) is 4.24. The molecule has 1 fully saturated rings.